The fourth-order valence-electron chi connectivity index (χ4n) is 2.22. The quantitative estimate of drug-likeness (QED) is 0.777. The summed E-state index contributed by atoms with van der Waals surface area (Å²) < 4.78 is 1.31. The molecule has 0 aliphatic carbocycles. The maximum absolute atomic E-state index is 12.1. The van der Waals surface area contributed by atoms with E-state index in [9.17, 15) is 9.59 Å². The molecule has 0 saturated carbocycles. The number of hydrogen-bond acceptors (Lipinski definition) is 4. The summed E-state index contributed by atoms with van der Waals surface area (Å²) in [6, 6.07) is 13.2. The fraction of sp³-hybridized carbons (Fsp3) is 0.167. The van der Waals surface area contributed by atoms with E-state index in [4.69, 9.17) is 0 Å². The molecule has 122 valence electrons. The minimum Gasteiger partial charge on any atom is -0.350 e. The summed E-state index contributed by atoms with van der Waals surface area (Å²) in [6.45, 7) is 2.42. The van der Waals surface area contributed by atoms with Gasteiger partial charge in [0.2, 0.25) is 5.91 Å². The number of nitrogens with one attached hydrogen (secondary N) is 1. The van der Waals surface area contributed by atoms with Gasteiger partial charge in [0.25, 0.3) is 5.56 Å². The maximum atomic E-state index is 12.1. The standard InChI is InChI=1S/C18H17N3O2S/c1-13-4-6-14(7-5-13)10-19-17(22)11-21-12-20-15(9-18(21)23)16-3-2-8-24-16/h2-9,12H,10-11H2,1H3,(H,19,22). The van der Waals surface area contributed by atoms with Crippen LogP contribution in [-0.4, -0.2) is 15.5 Å². The zero-order valence-corrected chi connectivity index (χ0v) is 14.0. The largest absolute Gasteiger partial charge is 0.350 e. The lowest BCUT2D eigenvalue weighted by Gasteiger charge is -2.08. The molecule has 3 rings (SSSR count). The van der Waals surface area contributed by atoms with Crippen molar-refractivity contribution in [3.63, 3.8) is 0 Å². The van der Waals surface area contributed by atoms with Gasteiger partial charge in [-0.05, 0) is 23.9 Å². The molecule has 24 heavy (non-hydrogen) atoms. The van der Waals surface area contributed by atoms with Gasteiger partial charge in [0.15, 0.2) is 0 Å². The third kappa shape index (κ3) is 3.97. The van der Waals surface area contributed by atoms with Crippen LogP contribution in [0.1, 0.15) is 11.1 Å². The lowest BCUT2D eigenvalue weighted by Crippen LogP contribution is -2.31. The number of aromatic nitrogens is 2. The average molecular weight is 339 g/mol. The molecule has 3 aromatic rings. The van der Waals surface area contributed by atoms with E-state index in [0.717, 1.165) is 10.4 Å². The van der Waals surface area contributed by atoms with Crippen LogP contribution in [0.25, 0.3) is 10.6 Å². The smallest absolute Gasteiger partial charge is 0.254 e. The van der Waals surface area contributed by atoms with E-state index in [1.54, 1.807) is 0 Å². The highest BCUT2D eigenvalue weighted by atomic mass is 32.1. The zero-order valence-electron chi connectivity index (χ0n) is 13.2. The van der Waals surface area contributed by atoms with E-state index in [-0.39, 0.29) is 18.0 Å². The summed E-state index contributed by atoms with van der Waals surface area (Å²) in [6.07, 6.45) is 1.42. The fourth-order valence-corrected chi connectivity index (χ4v) is 2.91. The Morgan fingerprint density at radius 3 is 2.71 bits per heavy atom. The van der Waals surface area contributed by atoms with E-state index in [0.29, 0.717) is 12.2 Å². The molecule has 5 nitrogen and oxygen atoms in total. The number of amides is 1. The van der Waals surface area contributed by atoms with Crippen LogP contribution in [-0.2, 0) is 17.9 Å². The van der Waals surface area contributed by atoms with Crippen molar-refractivity contribution in [3.05, 3.63) is 75.7 Å². The summed E-state index contributed by atoms with van der Waals surface area (Å²) in [7, 11) is 0. The van der Waals surface area contributed by atoms with Crippen LogP contribution in [0.5, 0.6) is 0 Å². The molecule has 1 aromatic carbocycles. The molecular weight excluding hydrogens is 322 g/mol. The summed E-state index contributed by atoms with van der Waals surface area (Å²) in [5.41, 5.74) is 2.59. The summed E-state index contributed by atoms with van der Waals surface area (Å²) in [5, 5.41) is 4.74. The van der Waals surface area contributed by atoms with Crippen molar-refractivity contribution < 1.29 is 4.79 Å². The van der Waals surface area contributed by atoms with E-state index in [1.165, 1.54) is 33.9 Å². The summed E-state index contributed by atoms with van der Waals surface area (Å²) >= 11 is 1.52. The Kier molecular flexibility index (Phi) is 4.86. The van der Waals surface area contributed by atoms with E-state index >= 15 is 0 Å². The first-order valence-corrected chi connectivity index (χ1v) is 8.42. The number of rotatable bonds is 5. The van der Waals surface area contributed by atoms with Gasteiger partial charge in [-0.3, -0.25) is 14.2 Å². The minimum absolute atomic E-state index is 0.0393. The molecule has 0 radical (unpaired) electrons. The topological polar surface area (TPSA) is 64.0 Å². The van der Waals surface area contributed by atoms with Gasteiger partial charge in [-0.25, -0.2) is 4.98 Å². The first-order chi connectivity index (χ1) is 11.6. The number of nitrogens with zero attached hydrogens (tertiary/aromatic N) is 2. The molecular formula is C18H17N3O2S. The number of carbonyl (C=O) groups excluding carboxylic acids is 1. The molecule has 1 N–H and O–H groups in total. The van der Waals surface area contributed by atoms with Gasteiger partial charge in [-0.2, -0.15) is 0 Å². The van der Waals surface area contributed by atoms with Gasteiger partial charge in [-0.15, -0.1) is 11.3 Å². The first kappa shape index (κ1) is 16.1. The van der Waals surface area contributed by atoms with Gasteiger partial charge in [0, 0.05) is 12.6 Å². The van der Waals surface area contributed by atoms with Crippen molar-refractivity contribution in [2.45, 2.75) is 20.0 Å². The number of hydrogen-bond donors (Lipinski definition) is 1. The molecule has 1 amide bonds. The Morgan fingerprint density at radius 1 is 1.25 bits per heavy atom. The third-order valence-corrected chi connectivity index (χ3v) is 4.47. The third-order valence-electron chi connectivity index (χ3n) is 3.58. The lowest BCUT2D eigenvalue weighted by atomic mass is 10.1. The maximum Gasteiger partial charge on any atom is 0.254 e. The highest BCUT2D eigenvalue weighted by Crippen LogP contribution is 2.20. The van der Waals surface area contributed by atoms with E-state index in [2.05, 4.69) is 10.3 Å². The Balaban J connectivity index is 1.62. The summed E-state index contributed by atoms with van der Waals surface area (Å²) in [4.78, 5) is 29.3. The molecule has 0 unspecified atom stereocenters. The van der Waals surface area contributed by atoms with Gasteiger partial charge < -0.3 is 5.32 Å². The van der Waals surface area contributed by atoms with Crippen LogP contribution in [0, 0.1) is 6.92 Å². The second kappa shape index (κ2) is 7.23. The van der Waals surface area contributed by atoms with E-state index in [1.807, 2.05) is 48.7 Å². The van der Waals surface area contributed by atoms with Gasteiger partial charge in [-0.1, -0.05) is 35.9 Å². The van der Waals surface area contributed by atoms with Gasteiger partial charge in [0.05, 0.1) is 16.9 Å². The molecule has 2 heterocycles. The van der Waals surface area contributed by atoms with Crippen molar-refractivity contribution in [1.29, 1.82) is 0 Å². The second-order valence-electron chi connectivity index (χ2n) is 5.48. The van der Waals surface area contributed by atoms with Crippen molar-refractivity contribution >= 4 is 17.2 Å². The Labute approximate surface area is 143 Å². The normalized spacial score (nSPS) is 10.5. The number of thiophene rings is 1. The molecule has 0 fully saturated rings. The molecule has 0 spiro atoms. The molecule has 0 aliphatic heterocycles. The van der Waals surface area contributed by atoms with Crippen LogP contribution < -0.4 is 10.9 Å². The Bertz CT molecular complexity index is 883. The highest BCUT2D eigenvalue weighted by Gasteiger charge is 2.07. The zero-order chi connectivity index (χ0) is 16.9. The minimum atomic E-state index is -0.237. The van der Waals surface area contributed by atoms with Crippen LogP contribution in [0.3, 0.4) is 0 Å². The molecule has 0 atom stereocenters. The average Bonchev–Trinajstić information content (AvgIpc) is 3.11. The monoisotopic (exact) mass is 339 g/mol. The number of carbonyl (C=O) groups is 1. The van der Waals surface area contributed by atoms with Crippen LogP contribution in [0.4, 0.5) is 0 Å². The molecule has 0 saturated heterocycles. The van der Waals surface area contributed by atoms with E-state index < -0.39 is 0 Å². The Hall–Kier alpha value is -2.73. The molecule has 0 bridgehead atoms. The van der Waals surface area contributed by atoms with Crippen molar-refractivity contribution in [2.75, 3.05) is 0 Å². The van der Waals surface area contributed by atoms with Crippen molar-refractivity contribution in [2.24, 2.45) is 0 Å². The van der Waals surface area contributed by atoms with Crippen LogP contribution in [0.15, 0.2) is 59.0 Å². The summed E-state index contributed by atoms with van der Waals surface area (Å²) in [5.74, 6) is -0.219. The SMILES string of the molecule is Cc1ccc(CNC(=O)Cn2cnc(-c3cccs3)cc2=O)cc1. The van der Waals surface area contributed by atoms with Gasteiger partial charge >= 0.3 is 0 Å². The first-order valence-electron chi connectivity index (χ1n) is 7.54. The highest BCUT2D eigenvalue weighted by molar-refractivity contribution is 7.13. The van der Waals surface area contributed by atoms with Crippen molar-refractivity contribution in [3.8, 4) is 10.6 Å². The molecule has 0 aliphatic rings. The van der Waals surface area contributed by atoms with Gasteiger partial charge in [0.1, 0.15) is 6.54 Å². The predicted octanol–water partition coefficient (Wildman–Crippen LogP) is 2.60. The van der Waals surface area contributed by atoms with Crippen molar-refractivity contribution in [1.82, 2.24) is 14.9 Å². The lowest BCUT2D eigenvalue weighted by molar-refractivity contribution is -0.121. The number of aryl methyl sites for hydroxylation is 1. The van der Waals surface area contributed by atoms with Crippen LogP contribution in [0.2, 0.25) is 0 Å². The predicted molar refractivity (Wildman–Crippen MR) is 94.8 cm³/mol. The molecule has 6 heteroatoms. The Morgan fingerprint density at radius 2 is 2.04 bits per heavy atom. The van der Waals surface area contributed by atoms with Crippen LogP contribution >= 0.6 is 11.3 Å². The number of benzene rings is 1. The molecule has 2 aromatic heterocycles. The second-order valence-corrected chi connectivity index (χ2v) is 6.43.